The monoisotopic (exact) mass is 302 g/mol. The van der Waals surface area contributed by atoms with Crippen LogP contribution >= 0.6 is 0 Å². The lowest BCUT2D eigenvalue weighted by molar-refractivity contribution is 0.475. The maximum absolute atomic E-state index is 9.37. The summed E-state index contributed by atoms with van der Waals surface area (Å²) in [5, 5.41) is 22.4. The molecule has 112 valence electrons. The molecule has 0 aliphatic rings. The molecule has 0 saturated heterocycles. The Bertz CT molecular complexity index is 946. The Morgan fingerprint density at radius 3 is 2.39 bits per heavy atom. The van der Waals surface area contributed by atoms with Crippen molar-refractivity contribution in [3.05, 3.63) is 78.1 Å². The molecule has 4 aromatic rings. The molecule has 0 amide bonds. The average Bonchev–Trinajstić information content (AvgIpc) is 3.00. The fourth-order valence-corrected chi connectivity index (χ4v) is 2.50. The van der Waals surface area contributed by atoms with Gasteiger partial charge in [0.1, 0.15) is 5.75 Å². The highest BCUT2D eigenvalue weighted by molar-refractivity contribution is 5.59. The number of fused-ring (bicyclic) bond motifs is 1. The standard InChI is InChI=1S/C18H14N4O/c23-15-8-6-13(7-9-15)12-18-20-19-17-11-10-16(21-22(17)18)14-4-2-1-3-5-14/h1-11,23H,12H2. The third kappa shape index (κ3) is 2.64. The molecule has 5 nitrogen and oxygen atoms in total. The van der Waals surface area contributed by atoms with Crippen molar-refractivity contribution in [3.63, 3.8) is 0 Å². The summed E-state index contributed by atoms with van der Waals surface area (Å²) >= 11 is 0. The largest absolute Gasteiger partial charge is 0.508 e. The predicted octanol–water partition coefficient (Wildman–Crippen LogP) is 3.09. The second kappa shape index (κ2) is 5.53. The summed E-state index contributed by atoms with van der Waals surface area (Å²) in [4.78, 5) is 0. The minimum absolute atomic E-state index is 0.254. The molecule has 4 rings (SSSR count). The van der Waals surface area contributed by atoms with Crippen LogP contribution in [0, 0.1) is 0 Å². The third-order valence-electron chi connectivity index (χ3n) is 3.70. The first-order valence-corrected chi connectivity index (χ1v) is 7.34. The van der Waals surface area contributed by atoms with Crippen molar-refractivity contribution in [1.29, 1.82) is 0 Å². The van der Waals surface area contributed by atoms with Crippen molar-refractivity contribution in [2.24, 2.45) is 0 Å². The molecule has 2 heterocycles. The summed E-state index contributed by atoms with van der Waals surface area (Å²) in [6.45, 7) is 0. The third-order valence-corrected chi connectivity index (χ3v) is 3.70. The molecule has 0 atom stereocenters. The van der Waals surface area contributed by atoms with Crippen LogP contribution in [0.4, 0.5) is 0 Å². The van der Waals surface area contributed by atoms with E-state index in [9.17, 15) is 5.11 Å². The van der Waals surface area contributed by atoms with Gasteiger partial charge in [-0.3, -0.25) is 0 Å². The van der Waals surface area contributed by atoms with Gasteiger partial charge < -0.3 is 5.11 Å². The summed E-state index contributed by atoms with van der Waals surface area (Å²) in [7, 11) is 0. The maximum atomic E-state index is 9.37. The molecule has 0 radical (unpaired) electrons. The van der Waals surface area contributed by atoms with Gasteiger partial charge in [0.2, 0.25) is 0 Å². The van der Waals surface area contributed by atoms with Gasteiger partial charge in [-0.25, -0.2) is 0 Å². The number of hydrogen-bond donors (Lipinski definition) is 1. The second-order valence-electron chi connectivity index (χ2n) is 5.31. The van der Waals surface area contributed by atoms with Crippen LogP contribution in [0.3, 0.4) is 0 Å². The minimum Gasteiger partial charge on any atom is -0.508 e. The highest BCUT2D eigenvalue weighted by Gasteiger charge is 2.09. The Labute approximate surface area is 132 Å². The minimum atomic E-state index is 0.254. The van der Waals surface area contributed by atoms with Gasteiger partial charge in [-0.15, -0.1) is 10.2 Å². The molecule has 0 bridgehead atoms. The number of phenols is 1. The Hall–Kier alpha value is -3.21. The quantitative estimate of drug-likeness (QED) is 0.631. The normalized spacial score (nSPS) is 11.0. The van der Waals surface area contributed by atoms with E-state index >= 15 is 0 Å². The number of aromatic nitrogens is 4. The van der Waals surface area contributed by atoms with Crippen molar-refractivity contribution >= 4 is 5.65 Å². The summed E-state index contributed by atoms with van der Waals surface area (Å²) in [6.07, 6.45) is 0.604. The lowest BCUT2D eigenvalue weighted by Crippen LogP contribution is -2.01. The van der Waals surface area contributed by atoms with Crippen molar-refractivity contribution in [3.8, 4) is 17.0 Å². The molecule has 23 heavy (non-hydrogen) atoms. The van der Waals surface area contributed by atoms with Crippen molar-refractivity contribution < 1.29 is 5.11 Å². The Morgan fingerprint density at radius 2 is 1.61 bits per heavy atom. The van der Waals surface area contributed by atoms with E-state index < -0.39 is 0 Å². The van der Waals surface area contributed by atoms with Gasteiger partial charge in [0, 0.05) is 12.0 Å². The van der Waals surface area contributed by atoms with Crippen LogP contribution in [-0.2, 0) is 6.42 Å². The SMILES string of the molecule is Oc1ccc(Cc2nnc3ccc(-c4ccccc4)nn23)cc1. The number of benzene rings is 2. The Balaban J connectivity index is 1.74. The van der Waals surface area contributed by atoms with E-state index in [4.69, 9.17) is 0 Å². The van der Waals surface area contributed by atoms with Crippen molar-refractivity contribution in [2.45, 2.75) is 6.42 Å². The molecule has 0 aliphatic carbocycles. The number of rotatable bonds is 3. The van der Waals surface area contributed by atoms with Gasteiger partial charge in [-0.05, 0) is 29.8 Å². The molecule has 0 saturated carbocycles. The maximum Gasteiger partial charge on any atom is 0.177 e. The van der Waals surface area contributed by atoms with E-state index in [1.807, 2.05) is 54.6 Å². The Kier molecular flexibility index (Phi) is 3.24. The average molecular weight is 302 g/mol. The van der Waals surface area contributed by atoms with Crippen LogP contribution in [0.1, 0.15) is 11.4 Å². The fourth-order valence-electron chi connectivity index (χ4n) is 2.50. The molecule has 0 spiro atoms. The van der Waals surface area contributed by atoms with Crippen LogP contribution in [0.15, 0.2) is 66.7 Å². The van der Waals surface area contributed by atoms with Crippen molar-refractivity contribution in [2.75, 3.05) is 0 Å². The van der Waals surface area contributed by atoms with Crippen LogP contribution in [0.2, 0.25) is 0 Å². The van der Waals surface area contributed by atoms with Gasteiger partial charge in [0.05, 0.1) is 5.69 Å². The van der Waals surface area contributed by atoms with E-state index in [0.29, 0.717) is 6.42 Å². The summed E-state index contributed by atoms with van der Waals surface area (Å²) in [5.41, 5.74) is 3.70. The smallest absolute Gasteiger partial charge is 0.177 e. The lowest BCUT2D eigenvalue weighted by atomic mass is 10.1. The van der Waals surface area contributed by atoms with Gasteiger partial charge in [-0.2, -0.15) is 9.61 Å². The van der Waals surface area contributed by atoms with Crippen LogP contribution in [0.5, 0.6) is 5.75 Å². The number of aromatic hydroxyl groups is 1. The molecule has 0 fully saturated rings. The van der Waals surface area contributed by atoms with E-state index in [2.05, 4.69) is 15.3 Å². The molecule has 2 aromatic carbocycles. The molecule has 5 heteroatoms. The first-order valence-electron chi connectivity index (χ1n) is 7.34. The first-order chi connectivity index (χ1) is 11.3. The first kappa shape index (κ1) is 13.5. The summed E-state index contributed by atoms with van der Waals surface area (Å²) in [6, 6.07) is 21.0. The lowest BCUT2D eigenvalue weighted by Gasteiger charge is -2.03. The van der Waals surface area contributed by atoms with Gasteiger partial charge in [0.25, 0.3) is 0 Å². The molecule has 1 N–H and O–H groups in total. The number of hydrogen-bond acceptors (Lipinski definition) is 4. The second-order valence-corrected chi connectivity index (χ2v) is 5.31. The zero-order valence-corrected chi connectivity index (χ0v) is 12.3. The molecule has 2 aromatic heterocycles. The van der Waals surface area contributed by atoms with Crippen LogP contribution in [0.25, 0.3) is 16.9 Å². The van der Waals surface area contributed by atoms with E-state index in [1.165, 1.54) is 0 Å². The van der Waals surface area contributed by atoms with Crippen molar-refractivity contribution in [1.82, 2.24) is 19.8 Å². The molecule has 0 unspecified atom stereocenters. The van der Waals surface area contributed by atoms with E-state index in [0.717, 1.165) is 28.3 Å². The zero-order valence-electron chi connectivity index (χ0n) is 12.3. The number of nitrogens with zero attached hydrogens (tertiary/aromatic N) is 4. The van der Waals surface area contributed by atoms with Gasteiger partial charge >= 0.3 is 0 Å². The van der Waals surface area contributed by atoms with Crippen LogP contribution in [-0.4, -0.2) is 24.9 Å². The van der Waals surface area contributed by atoms with E-state index in [1.54, 1.807) is 16.6 Å². The summed E-state index contributed by atoms with van der Waals surface area (Å²) in [5.74, 6) is 1.02. The zero-order chi connectivity index (χ0) is 15.6. The molecular weight excluding hydrogens is 288 g/mol. The Morgan fingerprint density at radius 1 is 0.826 bits per heavy atom. The van der Waals surface area contributed by atoms with Crippen LogP contribution < -0.4 is 0 Å². The summed E-state index contributed by atoms with van der Waals surface area (Å²) < 4.78 is 1.77. The van der Waals surface area contributed by atoms with Gasteiger partial charge in [0.15, 0.2) is 11.5 Å². The highest BCUT2D eigenvalue weighted by Crippen LogP contribution is 2.18. The van der Waals surface area contributed by atoms with Gasteiger partial charge in [-0.1, -0.05) is 42.5 Å². The predicted molar refractivity (Wildman–Crippen MR) is 87.1 cm³/mol. The van der Waals surface area contributed by atoms with E-state index in [-0.39, 0.29) is 5.75 Å². The molecular formula is C18H14N4O. The highest BCUT2D eigenvalue weighted by atomic mass is 16.3. The molecule has 0 aliphatic heterocycles. The topological polar surface area (TPSA) is 63.3 Å². The fraction of sp³-hybridized carbons (Fsp3) is 0.0556. The number of phenolic OH excluding ortho intramolecular Hbond substituents is 1.